The maximum absolute atomic E-state index is 11.1. The van der Waals surface area contributed by atoms with Crippen LogP contribution in [0, 0.1) is 5.92 Å². The van der Waals surface area contributed by atoms with E-state index in [4.69, 9.17) is 0 Å². The normalized spacial score (nSPS) is 21.9. The van der Waals surface area contributed by atoms with Gasteiger partial charge in [-0.1, -0.05) is 41.1 Å². The van der Waals surface area contributed by atoms with Crippen LogP contribution in [0.5, 0.6) is 0 Å². The number of allylic oxidation sites excluding steroid dienone is 5. The van der Waals surface area contributed by atoms with Crippen LogP contribution in [0.15, 0.2) is 34.4 Å². The lowest BCUT2D eigenvalue weighted by Gasteiger charge is -2.09. The first kappa shape index (κ1) is 13.2. The van der Waals surface area contributed by atoms with Crippen molar-refractivity contribution >= 4 is 21.9 Å². The lowest BCUT2D eigenvalue weighted by Crippen LogP contribution is -2.22. The fourth-order valence-corrected chi connectivity index (χ4v) is 2.06. The molecule has 1 aliphatic rings. The summed E-state index contributed by atoms with van der Waals surface area (Å²) < 4.78 is 5.47. The summed E-state index contributed by atoms with van der Waals surface area (Å²) in [6.45, 7) is 2.04. The Morgan fingerprint density at radius 1 is 1.56 bits per heavy atom. The molecular weight excluding hydrogens is 272 g/mol. The van der Waals surface area contributed by atoms with Crippen molar-refractivity contribution in [3.05, 3.63) is 34.4 Å². The third kappa shape index (κ3) is 3.94. The molecule has 0 radical (unpaired) electrons. The molecule has 0 saturated carbocycles. The van der Waals surface area contributed by atoms with Crippen LogP contribution >= 0.6 is 15.9 Å². The SMILES string of the molecule is COC(=O)C(O)CC1=CC(C)C=C(Br)C=C1. The van der Waals surface area contributed by atoms with Gasteiger partial charge in [0.15, 0.2) is 6.10 Å². The third-order valence-corrected chi connectivity index (χ3v) is 2.79. The molecule has 0 saturated heterocycles. The number of hydrogen-bond donors (Lipinski definition) is 1. The van der Waals surface area contributed by atoms with Crippen LogP contribution in [0.3, 0.4) is 0 Å². The Morgan fingerprint density at radius 3 is 2.88 bits per heavy atom. The van der Waals surface area contributed by atoms with Crippen molar-refractivity contribution in [2.24, 2.45) is 5.92 Å². The van der Waals surface area contributed by atoms with Gasteiger partial charge in [-0.05, 0) is 17.6 Å². The van der Waals surface area contributed by atoms with E-state index in [1.165, 1.54) is 7.11 Å². The van der Waals surface area contributed by atoms with Gasteiger partial charge in [0, 0.05) is 10.9 Å². The summed E-state index contributed by atoms with van der Waals surface area (Å²) in [5.74, 6) is -0.331. The number of ether oxygens (including phenoxy) is 1. The fraction of sp³-hybridized carbons (Fsp3) is 0.417. The molecule has 4 heteroatoms. The maximum atomic E-state index is 11.1. The maximum Gasteiger partial charge on any atom is 0.335 e. The minimum absolute atomic E-state index is 0.268. The summed E-state index contributed by atoms with van der Waals surface area (Å²) in [6, 6.07) is 0. The molecule has 1 N–H and O–H groups in total. The number of halogens is 1. The van der Waals surface area contributed by atoms with Crippen LogP contribution in [0.4, 0.5) is 0 Å². The van der Waals surface area contributed by atoms with Gasteiger partial charge in [0.05, 0.1) is 7.11 Å². The first-order valence-corrected chi connectivity index (χ1v) is 5.84. The Labute approximate surface area is 104 Å². The summed E-state index contributed by atoms with van der Waals surface area (Å²) in [6.07, 6.45) is 7.03. The van der Waals surface area contributed by atoms with Gasteiger partial charge >= 0.3 is 5.97 Å². The molecule has 0 aromatic carbocycles. The van der Waals surface area contributed by atoms with E-state index < -0.39 is 12.1 Å². The Kier molecular flexibility index (Phi) is 4.96. The zero-order chi connectivity index (χ0) is 12.1. The van der Waals surface area contributed by atoms with Gasteiger partial charge in [0.25, 0.3) is 0 Å². The molecule has 16 heavy (non-hydrogen) atoms. The third-order valence-electron chi connectivity index (χ3n) is 2.26. The zero-order valence-corrected chi connectivity index (χ0v) is 10.9. The van der Waals surface area contributed by atoms with E-state index in [1.54, 1.807) is 0 Å². The minimum atomic E-state index is -1.09. The van der Waals surface area contributed by atoms with Crippen molar-refractivity contribution in [1.82, 2.24) is 0 Å². The summed E-state index contributed by atoms with van der Waals surface area (Å²) in [4.78, 5) is 11.1. The molecule has 3 nitrogen and oxygen atoms in total. The van der Waals surface area contributed by atoms with Crippen LogP contribution < -0.4 is 0 Å². The van der Waals surface area contributed by atoms with Crippen LogP contribution in [-0.2, 0) is 9.53 Å². The van der Waals surface area contributed by atoms with Crippen molar-refractivity contribution < 1.29 is 14.6 Å². The number of hydrogen-bond acceptors (Lipinski definition) is 3. The predicted molar refractivity (Wildman–Crippen MR) is 66.0 cm³/mol. The van der Waals surface area contributed by atoms with Crippen molar-refractivity contribution in [2.45, 2.75) is 19.4 Å². The van der Waals surface area contributed by atoms with Gasteiger partial charge in [-0.2, -0.15) is 0 Å². The molecule has 0 spiro atoms. The highest BCUT2D eigenvalue weighted by atomic mass is 79.9. The molecule has 0 aromatic rings. The van der Waals surface area contributed by atoms with E-state index in [-0.39, 0.29) is 12.3 Å². The Balaban J connectivity index is 2.69. The molecule has 1 rings (SSSR count). The Hall–Kier alpha value is -0.870. The highest BCUT2D eigenvalue weighted by molar-refractivity contribution is 9.11. The topological polar surface area (TPSA) is 46.5 Å². The fourth-order valence-electron chi connectivity index (χ4n) is 1.51. The van der Waals surface area contributed by atoms with E-state index >= 15 is 0 Å². The molecular formula is C12H15BrO3. The number of aliphatic hydroxyl groups is 1. The second-order valence-electron chi connectivity index (χ2n) is 3.73. The smallest absolute Gasteiger partial charge is 0.335 e. The van der Waals surface area contributed by atoms with E-state index in [2.05, 4.69) is 20.7 Å². The second-order valence-corrected chi connectivity index (χ2v) is 4.64. The zero-order valence-electron chi connectivity index (χ0n) is 9.31. The Bertz CT molecular complexity index is 355. The van der Waals surface area contributed by atoms with E-state index in [0.717, 1.165) is 10.1 Å². The minimum Gasteiger partial charge on any atom is -0.467 e. The van der Waals surface area contributed by atoms with Gasteiger partial charge in [0.1, 0.15) is 0 Å². The van der Waals surface area contributed by atoms with Gasteiger partial charge in [-0.15, -0.1) is 0 Å². The highest BCUT2D eigenvalue weighted by Crippen LogP contribution is 2.21. The van der Waals surface area contributed by atoms with Crippen molar-refractivity contribution in [1.29, 1.82) is 0 Å². The van der Waals surface area contributed by atoms with E-state index in [0.29, 0.717) is 0 Å². The summed E-state index contributed by atoms with van der Waals surface area (Å²) in [5.41, 5.74) is 0.927. The van der Waals surface area contributed by atoms with Crippen LogP contribution in [0.25, 0.3) is 0 Å². The molecule has 0 amide bonds. The second kappa shape index (κ2) is 6.01. The Morgan fingerprint density at radius 2 is 2.25 bits per heavy atom. The number of carbonyl (C=O) groups excluding carboxylic acids is 1. The van der Waals surface area contributed by atoms with Crippen molar-refractivity contribution in [3.63, 3.8) is 0 Å². The molecule has 0 fully saturated rings. The number of esters is 1. The molecule has 0 heterocycles. The van der Waals surface area contributed by atoms with Gasteiger partial charge in [-0.25, -0.2) is 4.79 Å². The van der Waals surface area contributed by atoms with E-state index in [9.17, 15) is 9.90 Å². The number of methoxy groups -OCH3 is 1. The molecule has 1 aliphatic carbocycles. The van der Waals surface area contributed by atoms with Gasteiger partial charge < -0.3 is 9.84 Å². The highest BCUT2D eigenvalue weighted by Gasteiger charge is 2.17. The van der Waals surface area contributed by atoms with Crippen LogP contribution in [-0.4, -0.2) is 24.3 Å². The quantitative estimate of drug-likeness (QED) is 0.810. The molecule has 0 aliphatic heterocycles. The summed E-state index contributed by atoms with van der Waals surface area (Å²) in [7, 11) is 1.27. The van der Waals surface area contributed by atoms with Gasteiger partial charge in [-0.3, -0.25) is 0 Å². The predicted octanol–water partition coefficient (Wildman–Crippen LogP) is 2.32. The summed E-state index contributed by atoms with van der Waals surface area (Å²) in [5, 5.41) is 9.54. The molecule has 88 valence electrons. The van der Waals surface area contributed by atoms with E-state index in [1.807, 2.05) is 31.2 Å². The number of rotatable bonds is 3. The summed E-state index contributed by atoms with van der Waals surface area (Å²) >= 11 is 3.40. The van der Waals surface area contributed by atoms with Crippen LogP contribution in [0.1, 0.15) is 13.3 Å². The number of carbonyl (C=O) groups is 1. The lowest BCUT2D eigenvalue weighted by molar-refractivity contribution is -0.150. The monoisotopic (exact) mass is 286 g/mol. The van der Waals surface area contributed by atoms with Crippen molar-refractivity contribution in [2.75, 3.05) is 7.11 Å². The molecule has 2 unspecified atom stereocenters. The average molecular weight is 287 g/mol. The molecule has 2 atom stereocenters. The van der Waals surface area contributed by atoms with Crippen LogP contribution in [0.2, 0.25) is 0 Å². The number of aliphatic hydroxyl groups excluding tert-OH is 1. The lowest BCUT2D eigenvalue weighted by atomic mass is 10.0. The molecule has 0 aromatic heterocycles. The first-order valence-electron chi connectivity index (χ1n) is 5.05. The molecule has 0 bridgehead atoms. The largest absolute Gasteiger partial charge is 0.467 e. The standard InChI is InChI=1S/C12H15BrO3/c1-8-5-9(3-4-10(13)6-8)7-11(14)12(15)16-2/h3-6,8,11,14H,7H2,1-2H3. The average Bonchev–Trinajstić information content (AvgIpc) is 2.38. The van der Waals surface area contributed by atoms with Gasteiger partial charge in [0.2, 0.25) is 0 Å². The van der Waals surface area contributed by atoms with Crippen molar-refractivity contribution in [3.8, 4) is 0 Å². The first-order chi connectivity index (χ1) is 7.52.